The third-order valence-corrected chi connectivity index (χ3v) is 2.67. The van der Waals surface area contributed by atoms with Gasteiger partial charge in [0.25, 0.3) is 0 Å². The van der Waals surface area contributed by atoms with Gasteiger partial charge in [-0.1, -0.05) is 30.3 Å². The van der Waals surface area contributed by atoms with E-state index < -0.39 is 0 Å². The van der Waals surface area contributed by atoms with E-state index in [2.05, 4.69) is 74.4 Å². The van der Waals surface area contributed by atoms with Crippen molar-refractivity contribution in [3.63, 3.8) is 0 Å². The van der Waals surface area contributed by atoms with Crippen molar-refractivity contribution in [1.82, 2.24) is 0 Å². The highest BCUT2D eigenvalue weighted by Crippen LogP contribution is 2.11. The van der Waals surface area contributed by atoms with E-state index in [0.717, 1.165) is 13.2 Å². The van der Waals surface area contributed by atoms with Crippen LogP contribution in [0.2, 0.25) is 0 Å². The van der Waals surface area contributed by atoms with E-state index in [0.29, 0.717) is 6.61 Å². The molecule has 0 atom stereocenters. The lowest BCUT2D eigenvalue weighted by Gasteiger charge is -2.19. The molecule has 0 aliphatic heterocycles. The van der Waals surface area contributed by atoms with Crippen LogP contribution >= 0.6 is 0 Å². The molecule has 0 fully saturated rings. The van der Waals surface area contributed by atoms with Gasteiger partial charge in [-0.3, -0.25) is 0 Å². The zero-order chi connectivity index (χ0) is 20.9. The molecule has 3 nitrogen and oxygen atoms in total. The molecule has 0 aromatic heterocycles. The first-order valence-electron chi connectivity index (χ1n) is 9.66. The molecular weight excluding hydrogens is 324 g/mol. The molecule has 3 heteroatoms. The van der Waals surface area contributed by atoms with E-state index in [1.54, 1.807) is 0 Å². The summed E-state index contributed by atoms with van der Waals surface area (Å²) in [4.78, 5) is 0. The Morgan fingerprint density at radius 1 is 0.577 bits per heavy atom. The topological polar surface area (TPSA) is 27.7 Å². The Hall–Kier alpha value is -0.900. The zero-order valence-electron chi connectivity index (χ0n) is 19.2. The van der Waals surface area contributed by atoms with Crippen LogP contribution in [0.1, 0.15) is 81.7 Å². The molecule has 0 spiro atoms. The highest BCUT2D eigenvalue weighted by molar-refractivity contribution is 5.13. The van der Waals surface area contributed by atoms with E-state index >= 15 is 0 Å². The van der Waals surface area contributed by atoms with Gasteiger partial charge in [0, 0.05) is 13.2 Å². The molecule has 0 aliphatic carbocycles. The third-order valence-electron chi connectivity index (χ3n) is 2.67. The van der Waals surface area contributed by atoms with Crippen LogP contribution in [0.15, 0.2) is 30.3 Å². The third kappa shape index (κ3) is 25.3. The monoisotopic (exact) mass is 368 g/mol. The van der Waals surface area contributed by atoms with Crippen molar-refractivity contribution in [1.29, 1.82) is 0 Å². The number of benzene rings is 1. The quantitative estimate of drug-likeness (QED) is 0.596. The van der Waals surface area contributed by atoms with Gasteiger partial charge >= 0.3 is 0 Å². The molecule has 0 saturated carbocycles. The van der Waals surface area contributed by atoms with Crippen LogP contribution in [0.3, 0.4) is 0 Å². The van der Waals surface area contributed by atoms with Crippen molar-refractivity contribution in [2.75, 3.05) is 13.2 Å². The normalized spacial score (nSPS) is 11.8. The van der Waals surface area contributed by atoms with E-state index in [4.69, 9.17) is 14.2 Å². The molecule has 154 valence electrons. The maximum Gasteiger partial charge on any atom is 0.0724 e. The van der Waals surface area contributed by atoms with Crippen molar-refractivity contribution in [2.45, 2.75) is 99.6 Å². The highest BCUT2D eigenvalue weighted by Gasteiger charge is 2.09. The molecule has 26 heavy (non-hydrogen) atoms. The fourth-order valence-electron chi connectivity index (χ4n) is 1.74. The Morgan fingerprint density at radius 3 is 1.15 bits per heavy atom. The molecular formula is C23H44O3. The van der Waals surface area contributed by atoms with Crippen molar-refractivity contribution < 1.29 is 14.2 Å². The predicted octanol–water partition coefficient (Wildman–Crippen LogP) is 6.64. The molecule has 0 N–H and O–H groups in total. The number of hydrogen-bond donors (Lipinski definition) is 0. The Balaban J connectivity index is 0. The first kappa shape index (κ1) is 27.3. The van der Waals surface area contributed by atoms with Gasteiger partial charge in [0.05, 0.1) is 23.4 Å². The molecule has 0 bridgehead atoms. The van der Waals surface area contributed by atoms with Crippen LogP contribution in [-0.4, -0.2) is 30.0 Å². The summed E-state index contributed by atoms with van der Waals surface area (Å²) >= 11 is 0. The average molecular weight is 369 g/mol. The Morgan fingerprint density at radius 2 is 0.923 bits per heavy atom. The Bertz CT molecular complexity index is 403. The molecule has 0 aliphatic rings. The maximum absolute atomic E-state index is 5.62. The minimum atomic E-state index is -0.0458. The Labute approximate surface area is 163 Å². The lowest BCUT2D eigenvalue weighted by molar-refractivity contribution is -0.0149. The van der Waals surface area contributed by atoms with Gasteiger partial charge in [0.2, 0.25) is 0 Å². The molecule has 0 saturated heterocycles. The second-order valence-electron chi connectivity index (χ2n) is 8.98. The van der Waals surface area contributed by atoms with Crippen LogP contribution in [0.25, 0.3) is 0 Å². The van der Waals surface area contributed by atoms with Gasteiger partial charge in [0.15, 0.2) is 0 Å². The lowest BCUT2D eigenvalue weighted by Crippen LogP contribution is -2.18. The molecule has 1 rings (SSSR count). The minimum absolute atomic E-state index is 0.0458. The predicted molar refractivity (Wildman–Crippen MR) is 114 cm³/mol. The van der Waals surface area contributed by atoms with Crippen molar-refractivity contribution in [3.8, 4) is 0 Å². The van der Waals surface area contributed by atoms with E-state index in [1.165, 1.54) is 5.56 Å². The molecule has 1 aromatic carbocycles. The largest absolute Gasteiger partial charge is 0.376 e. The second kappa shape index (κ2) is 13.3. The van der Waals surface area contributed by atoms with Crippen molar-refractivity contribution in [2.24, 2.45) is 0 Å². The molecule has 0 heterocycles. The average Bonchev–Trinajstić information content (AvgIpc) is 2.44. The summed E-state index contributed by atoms with van der Waals surface area (Å²) in [5.41, 5.74) is 1.28. The smallest absolute Gasteiger partial charge is 0.0724 e. The molecule has 0 amide bonds. The van der Waals surface area contributed by atoms with Crippen LogP contribution in [0.4, 0.5) is 0 Å². The van der Waals surface area contributed by atoms with Crippen molar-refractivity contribution in [3.05, 3.63) is 35.9 Å². The molecule has 1 aromatic rings. The van der Waals surface area contributed by atoms with E-state index in [9.17, 15) is 0 Å². The lowest BCUT2D eigenvalue weighted by atomic mass is 10.2. The maximum atomic E-state index is 5.62. The first-order valence-corrected chi connectivity index (χ1v) is 9.66. The van der Waals surface area contributed by atoms with Gasteiger partial charge in [-0.25, -0.2) is 0 Å². The summed E-state index contributed by atoms with van der Waals surface area (Å²) in [6.45, 7) is 24.8. The molecule has 0 radical (unpaired) electrons. The van der Waals surface area contributed by atoms with Gasteiger partial charge in [-0.2, -0.15) is 0 Å². The zero-order valence-corrected chi connectivity index (χ0v) is 19.2. The van der Waals surface area contributed by atoms with Gasteiger partial charge in [-0.15, -0.1) is 0 Å². The molecule has 0 unspecified atom stereocenters. The fraction of sp³-hybridized carbons (Fsp3) is 0.739. The fourth-order valence-corrected chi connectivity index (χ4v) is 1.74. The summed E-state index contributed by atoms with van der Waals surface area (Å²) in [6, 6.07) is 10.2. The number of ether oxygens (including phenoxy) is 3. The van der Waals surface area contributed by atoms with Gasteiger partial charge < -0.3 is 14.2 Å². The number of hydrogen-bond acceptors (Lipinski definition) is 3. The second-order valence-corrected chi connectivity index (χ2v) is 8.98. The van der Waals surface area contributed by atoms with Crippen LogP contribution in [-0.2, 0) is 20.8 Å². The summed E-state index contributed by atoms with van der Waals surface area (Å²) in [5, 5.41) is 0. The summed E-state index contributed by atoms with van der Waals surface area (Å²) in [6.07, 6.45) is 0. The van der Waals surface area contributed by atoms with E-state index in [-0.39, 0.29) is 16.8 Å². The van der Waals surface area contributed by atoms with Gasteiger partial charge in [-0.05, 0) is 81.7 Å². The standard InChI is InChI=1S/C11H16O.2C6H14O/c1-11(2,3)12-9-10-7-5-4-6-8-10;2*1-5-7-6(2,3)4/h4-8H,9H2,1-3H3;2*5H2,1-4H3. The highest BCUT2D eigenvalue weighted by atomic mass is 16.5. The number of rotatable bonds is 4. The van der Waals surface area contributed by atoms with Crippen molar-refractivity contribution >= 4 is 0 Å². The van der Waals surface area contributed by atoms with Gasteiger partial charge in [0.1, 0.15) is 0 Å². The van der Waals surface area contributed by atoms with E-state index in [1.807, 2.05) is 32.0 Å². The SMILES string of the molecule is CC(C)(C)OCc1ccccc1.CCOC(C)(C)C.CCOC(C)(C)C. The first-order chi connectivity index (χ1) is 11.7. The summed E-state index contributed by atoms with van der Waals surface area (Å²) in [5.74, 6) is 0. The Kier molecular flexibility index (Phi) is 14.0. The summed E-state index contributed by atoms with van der Waals surface area (Å²) < 4.78 is 16.1. The van der Waals surface area contributed by atoms with Crippen LogP contribution < -0.4 is 0 Å². The van der Waals surface area contributed by atoms with Crippen LogP contribution in [0.5, 0.6) is 0 Å². The van der Waals surface area contributed by atoms with Crippen LogP contribution in [0, 0.1) is 0 Å². The summed E-state index contributed by atoms with van der Waals surface area (Å²) in [7, 11) is 0. The minimum Gasteiger partial charge on any atom is -0.376 e.